The Morgan fingerprint density at radius 2 is 2.09 bits per heavy atom. The molecule has 5 nitrogen and oxygen atoms in total. The maximum absolute atomic E-state index is 13.2. The third-order valence-corrected chi connectivity index (χ3v) is 6.96. The molecule has 0 saturated carbocycles. The number of aromatic nitrogens is 1. The topological polar surface area (TPSA) is 62.3 Å². The van der Waals surface area contributed by atoms with Crippen LogP contribution >= 0.6 is 0 Å². The molecule has 0 spiro atoms. The van der Waals surface area contributed by atoms with Gasteiger partial charge < -0.3 is 5.32 Å². The fraction of sp³-hybridized carbons (Fsp3) is 0.471. The molecule has 2 unspecified atom stereocenters. The van der Waals surface area contributed by atoms with Crippen LogP contribution in [0.3, 0.4) is 0 Å². The van der Waals surface area contributed by atoms with Gasteiger partial charge in [-0.25, -0.2) is 8.42 Å². The highest BCUT2D eigenvalue weighted by Gasteiger charge is 2.39. The summed E-state index contributed by atoms with van der Waals surface area (Å²) >= 11 is 0. The smallest absolute Gasteiger partial charge is 0.243 e. The van der Waals surface area contributed by atoms with Crippen LogP contribution in [0.25, 0.3) is 10.8 Å². The average molecular weight is 331 g/mol. The first-order valence-electron chi connectivity index (χ1n) is 8.22. The number of nitrogens with one attached hydrogen (secondary N) is 1. The Morgan fingerprint density at radius 1 is 1.17 bits per heavy atom. The van der Waals surface area contributed by atoms with Crippen LogP contribution in [0.4, 0.5) is 0 Å². The number of nitrogens with zero attached hydrogens (tertiary/aromatic N) is 2. The Labute approximate surface area is 136 Å². The van der Waals surface area contributed by atoms with E-state index in [1.54, 1.807) is 34.9 Å². The van der Waals surface area contributed by atoms with Gasteiger partial charge in [-0.15, -0.1) is 0 Å². The van der Waals surface area contributed by atoms with Gasteiger partial charge in [-0.3, -0.25) is 4.98 Å². The van der Waals surface area contributed by atoms with Gasteiger partial charge in [0.1, 0.15) is 0 Å². The van der Waals surface area contributed by atoms with Crippen LogP contribution < -0.4 is 5.32 Å². The summed E-state index contributed by atoms with van der Waals surface area (Å²) in [5, 5.41) is 5.13. The highest BCUT2D eigenvalue weighted by molar-refractivity contribution is 7.89. The van der Waals surface area contributed by atoms with Gasteiger partial charge in [0.2, 0.25) is 10.0 Å². The standard InChI is InChI=1S/C17H21N3O2S/c21-23(22,17-6-3-5-13-10-18-9-7-15(13)17)20-11-14-4-1-2-8-19-16(14)12-20/h3,5-7,9-10,14,16,19H,1-2,4,8,11-12H2. The summed E-state index contributed by atoms with van der Waals surface area (Å²) in [7, 11) is -3.47. The number of rotatable bonds is 2. The second-order valence-corrected chi connectivity index (χ2v) is 8.40. The Hall–Kier alpha value is -1.50. The van der Waals surface area contributed by atoms with E-state index >= 15 is 0 Å². The van der Waals surface area contributed by atoms with Crippen molar-refractivity contribution in [2.24, 2.45) is 5.92 Å². The van der Waals surface area contributed by atoms with Crippen molar-refractivity contribution in [1.29, 1.82) is 0 Å². The maximum atomic E-state index is 13.2. The number of sulfonamides is 1. The van der Waals surface area contributed by atoms with Gasteiger partial charge in [-0.2, -0.15) is 4.31 Å². The third kappa shape index (κ3) is 2.65. The zero-order chi connectivity index (χ0) is 15.9. The lowest BCUT2D eigenvalue weighted by Gasteiger charge is -2.18. The molecule has 2 aliphatic rings. The average Bonchev–Trinajstić information content (AvgIpc) is 2.86. The van der Waals surface area contributed by atoms with Gasteiger partial charge in [0.05, 0.1) is 4.90 Å². The van der Waals surface area contributed by atoms with Crippen molar-refractivity contribution in [1.82, 2.24) is 14.6 Å². The van der Waals surface area contributed by atoms with Crippen LogP contribution in [0, 0.1) is 5.92 Å². The number of benzene rings is 1. The van der Waals surface area contributed by atoms with E-state index in [1.807, 2.05) is 6.07 Å². The summed E-state index contributed by atoms with van der Waals surface area (Å²) in [6.45, 7) is 2.20. The Kier molecular flexibility index (Phi) is 3.83. The van der Waals surface area contributed by atoms with E-state index in [1.165, 1.54) is 12.8 Å². The molecular weight excluding hydrogens is 310 g/mol. The lowest BCUT2D eigenvalue weighted by Crippen LogP contribution is -2.36. The van der Waals surface area contributed by atoms with Crippen molar-refractivity contribution >= 4 is 20.8 Å². The zero-order valence-corrected chi connectivity index (χ0v) is 13.8. The van der Waals surface area contributed by atoms with Crippen molar-refractivity contribution in [2.75, 3.05) is 19.6 Å². The van der Waals surface area contributed by atoms with Gasteiger partial charge >= 0.3 is 0 Å². The monoisotopic (exact) mass is 331 g/mol. The molecule has 6 heteroatoms. The van der Waals surface area contributed by atoms with Gasteiger partial charge in [0.25, 0.3) is 0 Å². The quantitative estimate of drug-likeness (QED) is 0.914. The molecule has 3 heterocycles. The minimum Gasteiger partial charge on any atom is -0.312 e. The molecule has 2 aliphatic heterocycles. The van der Waals surface area contributed by atoms with Gasteiger partial charge in [-0.05, 0) is 37.4 Å². The summed E-state index contributed by atoms with van der Waals surface area (Å²) in [5.74, 6) is 0.434. The summed E-state index contributed by atoms with van der Waals surface area (Å²) in [6, 6.07) is 7.48. The molecule has 1 aromatic carbocycles. The second-order valence-electron chi connectivity index (χ2n) is 6.49. The number of hydrogen-bond donors (Lipinski definition) is 1. The van der Waals surface area contributed by atoms with Crippen LogP contribution in [0.5, 0.6) is 0 Å². The van der Waals surface area contributed by atoms with Crippen molar-refractivity contribution in [3.63, 3.8) is 0 Å². The minimum atomic E-state index is -3.47. The summed E-state index contributed by atoms with van der Waals surface area (Å²) in [5.41, 5.74) is 0. The fourth-order valence-electron chi connectivity index (χ4n) is 3.83. The van der Waals surface area contributed by atoms with Gasteiger partial charge in [0, 0.05) is 42.3 Å². The van der Waals surface area contributed by atoms with E-state index in [9.17, 15) is 8.42 Å². The largest absolute Gasteiger partial charge is 0.312 e. The summed E-state index contributed by atoms with van der Waals surface area (Å²) in [4.78, 5) is 4.48. The molecule has 4 rings (SSSR count). The predicted molar refractivity (Wildman–Crippen MR) is 89.6 cm³/mol. The van der Waals surface area contributed by atoms with Gasteiger partial charge in [-0.1, -0.05) is 18.6 Å². The molecule has 1 aromatic heterocycles. The maximum Gasteiger partial charge on any atom is 0.243 e. The van der Waals surface area contributed by atoms with Crippen molar-refractivity contribution < 1.29 is 8.42 Å². The van der Waals surface area contributed by atoms with Crippen molar-refractivity contribution in [3.8, 4) is 0 Å². The highest BCUT2D eigenvalue weighted by Crippen LogP contribution is 2.31. The van der Waals surface area contributed by atoms with E-state index in [0.717, 1.165) is 23.7 Å². The zero-order valence-electron chi connectivity index (χ0n) is 13.0. The lowest BCUT2D eigenvalue weighted by atomic mass is 9.99. The normalized spacial score (nSPS) is 26.1. The predicted octanol–water partition coefficient (Wildman–Crippen LogP) is 2.00. The van der Waals surface area contributed by atoms with E-state index in [4.69, 9.17) is 0 Å². The highest BCUT2D eigenvalue weighted by atomic mass is 32.2. The molecule has 0 bridgehead atoms. The molecular formula is C17H21N3O2S. The fourth-order valence-corrected chi connectivity index (χ4v) is 5.56. The van der Waals surface area contributed by atoms with Crippen molar-refractivity contribution in [2.45, 2.75) is 30.2 Å². The molecule has 0 radical (unpaired) electrons. The minimum absolute atomic E-state index is 0.295. The number of fused-ring (bicyclic) bond motifs is 2. The Morgan fingerprint density at radius 3 is 3.00 bits per heavy atom. The molecule has 1 N–H and O–H groups in total. The van der Waals surface area contributed by atoms with Crippen molar-refractivity contribution in [3.05, 3.63) is 36.7 Å². The second kappa shape index (κ2) is 5.85. The first-order valence-corrected chi connectivity index (χ1v) is 9.66. The van der Waals surface area contributed by atoms with Crippen LogP contribution in [0.1, 0.15) is 19.3 Å². The van der Waals surface area contributed by atoms with E-state index < -0.39 is 10.0 Å². The lowest BCUT2D eigenvalue weighted by molar-refractivity contribution is 0.436. The van der Waals surface area contributed by atoms with E-state index in [2.05, 4.69) is 10.3 Å². The molecule has 0 amide bonds. The SMILES string of the molecule is O=S(=O)(c1cccc2cnccc12)N1CC2CCCCNC2C1. The van der Waals surface area contributed by atoms with Gasteiger partial charge in [0.15, 0.2) is 0 Å². The summed E-state index contributed by atoms with van der Waals surface area (Å²) in [6.07, 6.45) is 6.85. The van der Waals surface area contributed by atoms with Crippen LogP contribution in [-0.4, -0.2) is 43.4 Å². The van der Waals surface area contributed by atoms with Crippen LogP contribution in [-0.2, 0) is 10.0 Å². The Balaban J connectivity index is 1.70. The van der Waals surface area contributed by atoms with E-state index in [-0.39, 0.29) is 0 Å². The molecule has 122 valence electrons. The van der Waals surface area contributed by atoms with E-state index in [0.29, 0.717) is 29.9 Å². The first-order chi connectivity index (χ1) is 11.2. The molecule has 2 aromatic rings. The first kappa shape index (κ1) is 15.1. The van der Waals surface area contributed by atoms with Crippen LogP contribution in [0.2, 0.25) is 0 Å². The molecule has 23 heavy (non-hydrogen) atoms. The third-order valence-electron chi connectivity index (χ3n) is 5.07. The molecule has 2 fully saturated rings. The molecule has 0 aliphatic carbocycles. The molecule has 2 saturated heterocycles. The number of pyridine rings is 1. The Bertz CT molecular complexity index is 802. The molecule has 2 atom stereocenters. The summed E-state index contributed by atoms with van der Waals surface area (Å²) < 4.78 is 28.0. The van der Waals surface area contributed by atoms with Crippen LogP contribution in [0.15, 0.2) is 41.6 Å². The number of hydrogen-bond acceptors (Lipinski definition) is 4.